The molecule has 1 N–H and O–H groups in total. The Balaban J connectivity index is 4.10. The van der Waals surface area contributed by atoms with Gasteiger partial charge in [0.25, 0.3) is 0 Å². The van der Waals surface area contributed by atoms with E-state index in [1.54, 1.807) is 0 Å². The Kier molecular flexibility index (Phi) is 1.74. The zero-order valence-corrected chi connectivity index (χ0v) is 4.47. The summed E-state index contributed by atoms with van der Waals surface area (Å²) in [6.07, 6.45) is 0. The minimum Gasteiger partial charge on any atom is -0.746 e. The summed E-state index contributed by atoms with van der Waals surface area (Å²) in [5.74, 6) is 0. The predicted molar refractivity (Wildman–Crippen MR) is 21.4 cm³/mol. The number of rotatable bonds is 1. The number of aliphatic hydroxyl groups is 1. The molecule has 0 amide bonds. The van der Waals surface area contributed by atoms with Gasteiger partial charge in [-0.15, -0.1) is 0 Å². The first-order valence-corrected chi connectivity index (χ1v) is 3.04. The van der Waals surface area contributed by atoms with Crippen LogP contribution in [0.15, 0.2) is 0 Å². The van der Waals surface area contributed by atoms with Gasteiger partial charge in [-0.25, -0.2) is 8.42 Å². The van der Waals surface area contributed by atoms with Crippen LogP contribution in [-0.4, -0.2) is 23.5 Å². The first-order chi connectivity index (χ1) is 2.94. The van der Waals surface area contributed by atoms with Crippen LogP contribution in [0, 0.1) is 0 Å². The minimum absolute atomic E-state index is 0.905. The molecule has 0 spiro atoms. The third-order valence-corrected chi connectivity index (χ3v) is 1.25. The van der Waals surface area contributed by atoms with E-state index in [0.29, 0.717) is 0 Å². The lowest BCUT2D eigenvalue weighted by Gasteiger charge is -2.07. The van der Waals surface area contributed by atoms with Crippen LogP contribution in [0.5, 0.6) is 0 Å². The van der Waals surface area contributed by atoms with Crippen LogP contribution in [0.1, 0.15) is 6.92 Å². The van der Waals surface area contributed by atoms with Gasteiger partial charge in [-0.2, -0.15) is 0 Å². The van der Waals surface area contributed by atoms with Crippen molar-refractivity contribution in [2.24, 2.45) is 0 Å². The maximum absolute atomic E-state index is 9.53. The molecule has 0 fully saturated rings. The standard InChI is InChI=1S/C2H6O4S/c1-2(3)7(4,5)6/h2-3H,1H3,(H,4,5,6)/p-1/t2-/m0/s1. The van der Waals surface area contributed by atoms with Crippen molar-refractivity contribution in [1.82, 2.24) is 0 Å². The summed E-state index contributed by atoms with van der Waals surface area (Å²) in [7, 11) is -4.44. The predicted octanol–water partition coefficient (Wildman–Crippen LogP) is -1.13. The largest absolute Gasteiger partial charge is 0.746 e. The fourth-order valence-corrected chi connectivity index (χ4v) is 0. The van der Waals surface area contributed by atoms with Gasteiger partial charge in [-0.05, 0) is 6.92 Å². The van der Waals surface area contributed by atoms with Crippen LogP contribution in [0.4, 0.5) is 0 Å². The van der Waals surface area contributed by atoms with Gasteiger partial charge in [0.05, 0.1) is 0 Å². The fourth-order valence-electron chi connectivity index (χ4n) is 0. The number of aliphatic hydroxyl groups excluding tert-OH is 1. The molecule has 0 saturated carbocycles. The lowest BCUT2D eigenvalue weighted by Crippen LogP contribution is -2.14. The maximum atomic E-state index is 9.53. The van der Waals surface area contributed by atoms with Crippen molar-refractivity contribution < 1.29 is 18.1 Å². The van der Waals surface area contributed by atoms with E-state index in [9.17, 15) is 13.0 Å². The summed E-state index contributed by atoms with van der Waals surface area (Å²) in [6.45, 7) is 0.905. The van der Waals surface area contributed by atoms with Gasteiger partial charge >= 0.3 is 0 Å². The van der Waals surface area contributed by atoms with Crippen LogP contribution in [0.25, 0.3) is 0 Å². The van der Waals surface area contributed by atoms with E-state index in [2.05, 4.69) is 0 Å². The molecule has 5 heteroatoms. The summed E-state index contributed by atoms with van der Waals surface area (Å²) < 4.78 is 28.6. The van der Waals surface area contributed by atoms with Gasteiger partial charge in [-0.3, -0.25) is 0 Å². The topological polar surface area (TPSA) is 77.4 Å². The zero-order chi connectivity index (χ0) is 6.08. The van der Waals surface area contributed by atoms with E-state index in [0.717, 1.165) is 6.92 Å². The van der Waals surface area contributed by atoms with Gasteiger partial charge < -0.3 is 9.66 Å². The highest BCUT2D eigenvalue weighted by atomic mass is 32.2. The fraction of sp³-hybridized carbons (Fsp3) is 1.00. The molecule has 7 heavy (non-hydrogen) atoms. The van der Waals surface area contributed by atoms with Crippen LogP contribution in [0.3, 0.4) is 0 Å². The summed E-state index contributed by atoms with van der Waals surface area (Å²) in [5.41, 5.74) is -1.78. The molecule has 0 unspecified atom stereocenters. The quantitative estimate of drug-likeness (QED) is 0.450. The molecule has 4 nitrogen and oxygen atoms in total. The van der Waals surface area contributed by atoms with E-state index in [4.69, 9.17) is 5.11 Å². The van der Waals surface area contributed by atoms with Crippen LogP contribution < -0.4 is 0 Å². The van der Waals surface area contributed by atoms with Gasteiger partial charge in [0.2, 0.25) is 0 Å². The van der Waals surface area contributed by atoms with Crippen molar-refractivity contribution in [3.05, 3.63) is 0 Å². The monoisotopic (exact) mass is 125 g/mol. The molecule has 0 aromatic heterocycles. The Bertz CT molecular complexity index is 132. The van der Waals surface area contributed by atoms with Crippen molar-refractivity contribution >= 4 is 10.1 Å². The average molecular weight is 125 g/mol. The Hall–Kier alpha value is -0.130. The Labute approximate surface area is 41.5 Å². The van der Waals surface area contributed by atoms with Gasteiger partial charge in [0.15, 0.2) is 0 Å². The first kappa shape index (κ1) is 6.87. The molecule has 0 heterocycles. The van der Waals surface area contributed by atoms with E-state index in [1.165, 1.54) is 0 Å². The van der Waals surface area contributed by atoms with E-state index < -0.39 is 15.6 Å². The highest BCUT2D eigenvalue weighted by Crippen LogP contribution is 1.87. The molecule has 0 aliphatic rings. The van der Waals surface area contributed by atoms with Gasteiger partial charge in [-0.1, -0.05) is 0 Å². The molecule has 0 aliphatic heterocycles. The molecule has 0 radical (unpaired) electrons. The van der Waals surface area contributed by atoms with Crippen molar-refractivity contribution in [1.29, 1.82) is 0 Å². The maximum Gasteiger partial charge on any atom is 0.140 e. The Morgan fingerprint density at radius 3 is 1.86 bits per heavy atom. The highest BCUT2D eigenvalue weighted by molar-refractivity contribution is 7.86. The number of hydrogen-bond acceptors (Lipinski definition) is 4. The Morgan fingerprint density at radius 2 is 1.86 bits per heavy atom. The van der Waals surface area contributed by atoms with Crippen molar-refractivity contribution in [3.8, 4) is 0 Å². The summed E-state index contributed by atoms with van der Waals surface area (Å²) in [4.78, 5) is 0. The molecule has 0 rings (SSSR count). The summed E-state index contributed by atoms with van der Waals surface area (Å²) in [5, 5.41) is 7.99. The highest BCUT2D eigenvalue weighted by Gasteiger charge is 2.00. The normalized spacial score (nSPS) is 16.4. The molecule has 0 bridgehead atoms. The lowest BCUT2D eigenvalue weighted by molar-refractivity contribution is 0.249. The summed E-state index contributed by atoms with van der Waals surface area (Å²) in [6, 6.07) is 0. The number of hydrogen-bond donors (Lipinski definition) is 1. The molecule has 0 saturated heterocycles. The molecular weight excluding hydrogens is 120 g/mol. The molecule has 0 aromatic carbocycles. The van der Waals surface area contributed by atoms with Crippen LogP contribution >= 0.6 is 0 Å². The second kappa shape index (κ2) is 1.77. The van der Waals surface area contributed by atoms with Crippen molar-refractivity contribution in [3.63, 3.8) is 0 Å². The average Bonchev–Trinajstić information content (AvgIpc) is 1.31. The van der Waals surface area contributed by atoms with Crippen LogP contribution in [0.2, 0.25) is 0 Å². The smallest absolute Gasteiger partial charge is 0.140 e. The Morgan fingerprint density at radius 1 is 1.71 bits per heavy atom. The molecular formula is C2H5O4S-. The van der Waals surface area contributed by atoms with Gasteiger partial charge in [0, 0.05) is 0 Å². The molecule has 44 valence electrons. The second-order valence-corrected chi connectivity index (χ2v) is 2.76. The summed E-state index contributed by atoms with van der Waals surface area (Å²) >= 11 is 0. The first-order valence-electron chi connectivity index (χ1n) is 1.57. The third kappa shape index (κ3) is 2.55. The van der Waals surface area contributed by atoms with Crippen molar-refractivity contribution in [2.75, 3.05) is 0 Å². The van der Waals surface area contributed by atoms with Crippen molar-refractivity contribution in [2.45, 2.75) is 12.4 Å². The van der Waals surface area contributed by atoms with E-state index in [-0.39, 0.29) is 0 Å². The van der Waals surface area contributed by atoms with Gasteiger partial charge in [0.1, 0.15) is 15.6 Å². The minimum atomic E-state index is -4.44. The zero-order valence-electron chi connectivity index (χ0n) is 3.66. The van der Waals surface area contributed by atoms with Crippen LogP contribution in [-0.2, 0) is 10.1 Å². The lowest BCUT2D eigenvalue weighted by atomic mass is 10.9. The van der Waals surface area contributed by atoms with E-state index >= 15 is 0 Å². The molecule has 0 aromatic rings. The molecule has 0 aliphatic carbocycles. The van der Waals surface area contributed by atoms with E-state index in [1.807, 2.05) is 0 Å². The molecule has 1 atom stereocenters. The SMILES string of the molecule is C[C@@H](O)S(=O)(=O)[O-]. The second-order valence-electron chi connectivity index (χ2n) is 1.09. The third-order valence-electron chi connectivity index (χ3n) is 0.418.